The average molecular weight is 412 g/mol. The highest BCUT2D eigenvalue weighted by molar-refractivity contribution is 6.06. The lowest BCUT2D eigenvalue weighted by Crippen LogP contribution is -2.16. The van der Waals surface area contributed by atoms with Crippen molar-refractivity contribution in [3.63, 3.8) is 0 Å². The van der Waals surface area contributed by atoms with E-state index in [-0.39, 0.29) is 11.3 Å². The number of anilines is 1. The zero-order valence-electron chi connectivity index (χ0n) is 14.2. The van der Waals surface area contributed by atoms with Crippen LogP contribution < -0.4 is 10.1 Å². The zero-order valence-corrected chi connectivity index (χ0v) is 14.2. The molecule has 0 bridgehead atoms. The molecule has 1 heterocycles. The number of rotatable bonds is 4. The van der Waals surface area contributed by atoms with E-state index in [1.807, 2.05) is 5.32 Å². The fourth-order valence-corrected chi connectivity index (χ4v) is 2.33. The number of amides is 1. The predicted molar refractivity (Wildman–Crippen MR) is 90.0 cm³/mol. The molecule has 0 aliphatic rings. The third kappa shape index (κ3) is 4.65. The molecule has 10 heteroatoms. The van der Waals surface area contributed by atoms with E-state index in [1.165, 1.54) is 24.4 Å². The van der Waals surface area contributed by atoms with Gasteiger partial charge in [-0.2, -0.15) is 13.2 Å². The Labute approximate surface area is 159 Å². The summed E-state index contributed by atoms with van der Waals surface area (Å²) in [7, 11) is 0. The van der Waals surface area contributed by atoms with Crippen molar-refractivity contribution in [2.24, 2.45) is 0 Å². The van der Waals surface area contributed by atoms with Crippen molar-refractivity contribution >= 4 is 11.6 Å². The van der Waals surface area contributed by atoms with E-state index in [2.05, 4.69) is 4.98 Å². The number of benzene rings is 2. The zero-order chi connectivity index (χ0) is 21.2. The first-order chi connectivity index (χ1) is 13.6. The largest absolute Gasteiger partial charge is 0.438 e. The van der Waals surface area contributed by atoms with Crippen LogP contribution in [0.4, 0.5) is 32.0 Å². The van der Waals surface area contributed by atoms with E-state index in [0.29, 0.717) is 18.2 Å². The Hall–Kier alpha value is -3.56. The molecule has 4 nitrogen and oxygen atoms in total. The second-order valence-electron chi connectivity index (χ2n) is 5.68. The van der Waals surface area contributed by atoms with Gasteiger partial charge >= 0.3 is 6.18 Å². The Balaban J connectivity index is 1.89. The smallest absolute Gasteiger partial charge is 0.416 e. The van der Waals surface area contributed by atoms with E-state index in [9.17, 15) is 31.1 Å². The standard InChI is InChI=1S/C19H10F6N2O2/c20-11-8-14(21)16(15(22)9-11)27-17(28)13-5-2-6-26-18(13)29-12-4-1-3-10(7-12)19(23,24)25/h1-9H,(H,27,28). The number of pyridine rings is 1. The van der Waals surface area contributed by atoms with Crippen LogP contribution in [-0.4, -0.2) is 10.9 Å². The van der Waals surface area contributed by atoms with E-state index in [1.54, 1.807) is 0 Å². The van der Waals surface area contributed by atoms with Crippen LogP contribution in [0, 0.1) is 17.5 Å². The number of hydrogen-bond donors (Lipinski definition) is 1. The molecule has 3 rings (SSSR count). The van der Waals surface area contributed by atoms with Gasteiger partial charge in [-0.15, -0.1) is 0 Å². The molecule has 0 saturated heterocycles. The molecule has 0 radical (unpaired) electrons. The average Bonchev–Trinajstić information content (AvgIpc) is 2.64. The molecule has 0 spiro atoms. The van der Waals surface area contributed by atoms with E-state index < -0.39 is 46.7 Å². The van der Waals surface area contributed by atoms with Crippen molar-refractivity contribution in [2.45, 2.75) is 6.18 Å². The summed E-state index contributed by atoms with van der Waals surface area (Å²) in [5.74, 6) is -5.59. The minimum Gasteiger partial charge on any atom is -0.438 e. The van der Waals surface area contributed by atoms with Gasteiger partial charge in [0, 0.05) is 18.3 Å². The molecule has 29 heavy (non-hydrogen) atoms. The summed E-state index contributed by atoms with van der Waals surface area (Å²) in [5.41, 5.74) is -2.19. The lowest BCUT2D eigenvalue weighted by Gasteiger charge is -2.12. The monoisotopic (exact) mass is 412 g/mol. The molecule has 3 aromatic rings. The Morgan fingerprint density at radius 3 is 2.31 bits per heavy atom. The summed E-state index contributed by atoms with van der Waals surface area (Å²) in [6, 6.07) is 7.10. The second kappa shape index (κ2) is 7.82. The Bertz CT molecular complexity index is 1050. The number of nitrogens with zero attached hydrogens (tertiary/aromatic N) is 1. The number of alkyl halides is 3. The molecule has 2 aromatic carbocycles. The number of halogens is 6. The number of nitrogens with one attached hydrogen (secondary N) is 1. The van der Waals surface area contributed by atoms with Crippen LogP contribution in [-0.2, 0) is 6.18 Å². The van der Waals surface area contributed by atoms with Crippen molar-refractivity contribution in [1.29, 1.82) is 0 Å². The van der Waals surface area contributed by atoms with Crippen LogP contribution in [0.2, 0.25) is 0 Å². The van der Waals surface area contributed by atoms with Gasteiger partial charge in [0.05, 0.1) is 5.56 Å². The van der Waals surface area contributed by atoms with Crippen molar-refractivity contribution in [1.82, 2.24) is 4.98 Å². The Morgan fingerprint density at radius 2 is 1.66 bits per heavy atom. The molecule has 0 atom stereocenters. The minimum atomic E-state index is -4.61. The van der Waals surface area contributed by atoms with Crippen LogP contribution in [0.5, 0.6) is 11.6 Å². The van der Waals surface area contributed by atoms with Crippen LogP contribution in [0.25, 0.3) is 0 Å². The van der Waals surface area contributed by atoms with Gasteiger partial charge in [0.25, 0.3) is 5.91 Å². The van der Waals surface area contributed by atoms with Crippen molar-refractivity contribution in [2.75, 3.05) is 5.32 Å². The number of hydrogen-bond acceptors (Lipinski definition) is 3. The summed E-state index contributed by atoms with van der Waals surface area (Å²) >= 11 is 0. The van der Waals surface area contributed by atoms with Gasteiger partial charge < -0.3 is 10.1 Å². The SMILES string of the molecule is O=C(Nc1c(F)cc(F)cc1F)c1cccnc1Oc1cccc(C(F)(F)F)c1. The van der Waals surface area contributed by atoms with E-state index >= 15 is 0 Å². The molecular formula is C19H10F6N2O2. The normalized spacial score (nSPS) is 11.2. The third-order valence-corrected chi connectivity index (χ3v) is 3.64. The third-order valence-electron chi connectivity index (χ3n) is 3.64. The van der Waals surface area contributed by atoms with Crippen LogP contribution in [0.1, 0.15) is 15.9 Å². The van der Waals surface area contributed by atoms with Crippen LogP contribution in [0.15, 0.2) is 54.7 Å². The van der Waals surface area contributed by atoms with Crippen LogP contribution in [0.3, 0.4) is 0 Å². The van der Waals surface area contributed by atoms with Crippen molar-refractivity contribution in [3.05, 3.63) is 83.3 Å². The first-order valence-corrected chi connectivity index (χ1v) is 7.91. The number of aromatic nitrogens is 1. The molecule has 0 fully saturated rings. The summed E-state index contributed by atoms with van der Waals surface area (Å²) in [6.07, 6.45) is -3.40. The van der Waals surface area contributed by atoms with Gasteiger partial charge in [-0.05, 0) is 30.3 Å². The fraction of sp³-hybridized carbons (Fsp3) is 0.0526. The Morgan fingerprint density at radius 1 is 0.966 bits per heavy atom. The van der Waals surface area contributed by atoms with Gasteiger partial charge in [-0.1, -0.05) is 6.07 Å². The highest BCUT2D eigenvalue weighted by Crippen LogP contribution is 2.33. The van der Waals surface area contributed by atoms with E-state index in [4.69, 9.17) is 4.74 Å². The van der Waals surface area contributed by atoms with Gasteiger partial charge in [-0.3, -0.25) is 4.79 Å². The van der Waals surface area contributed by atoms with Crippen molar-refractivity contribution < 1.29 is 35.9 Å². The number of ether oxygens (including phenoxy) is 1. The number of carbonyl (C=O) groups excluding carboxylic acids is 1. The molecule has 1 aromatic heterocycles. The second-order valence-corrected chi connectivity index (χ2v) is 5.68. The molecule has 0 unspecified atom stereocenters. The van der Waals surface area contributed by atoms with Crippen LogP contribution >= 0.6 is 0 Å². The highest BCUT2D eigenvalue weighted by Gasteiger charge is 2.30. The first kappa shape index (κ1) is 20.2. The minimum absolute atomic E-state index is 0.258. The summed E-state index contributed by atoms with van der Waals surface area (Å²) < 4.78 is 84.2. The molecule has 1 N–H and O–H groups in total. The maximum Gasteiger partial charge on any atom is 0.416 e. The predicted octanol–water partition coefficient (Wildman–Crippen LogP) is 5.56. The molecule has 0 aliphatic heterocycles. The molecule has 0 saturated carbocycles. The lowest BCUT2D eigenvalue weighted by atomic mass is 10.2. The molecule has 1 amide bonds. The maximum atomic E-state index is 13.7. The summed E-state index contributed by atoms with van der Waals surface area (Å²) in [5, 5.41) is 1.93. The topological polar surface area (TPSA) is 51.2 Å². The van der Waals surface area contributed by atoms with Gasteiger partial charge in [0.15, 0.2) is 11.6 Å². The van der Waals surface area contributed by atoms with Gasteiger partial charge in [0.2, 0.25) is 5.88 Å². The highest BCUT2D eigenvalue weighted by atomic mass is 19.4. The quantitative estimate of drug-likeness (QED) is 0.571. The van der Waals surface area contributed by atoms with E-state index in [0.717, 1.165) is 12.1 Å². The Kier molecular flexibility index (Phi) is 5.44. The van der Waals surface area contributed by atoms with Gasteiger partial charge in [-0.25, -0.2) is 18.2 Å². The summed E-state index contributed by atoms with van der Waals surface area (Å²) in [4.78, 5) is 16.2. The molecule has 0 aliphatic carbocycles. The summed E-state index contributed by atoms with van der Waals surface area (Å²) in [6.45, 7) is 0. The number of carbonyl (C=O) groups is 1. The fourth-order valence-electron chi connectivity index (χ4n) is 2.33. The molecule has 150 valence electrons. The van der Waals surface area contributed by atoms with Crippen molar-refractivity contribution in [3.8, 4) is 11.6 Å². The first-order valence-electron chi connectivity index (χ1n) is 7.91. The van der Waals surface area contributed by atoms with Gasteiger partial charge in [0.1, 0.15) is 22.8 Å². The maximum absolute atomic E-state index is 13.7. The molecular weight excluding hydrogens is 402 g/mol. The lowest BCUT2D eigenvalue weighted by molar-refractivity contribution is -0.137.